The van der Waals surface area contributed by atoms with Gasteiger partial charge in [0, 0.05) is 23.7 Å². The summed E-state index contributed by atoms with van der Waals surface area (Å²) < 4.78 is 41.8. The molecule has 2 aliphatic heterocycles. The second-order valence-electron chi connectivity index (χ2n) is 7.33. The minimum Gasteiger partial charge on any atom is -0.382 e. The Morgan fingerprint density at radius 3 is 2.82 bits per heavy atom. The summed E-state index contributed by atoms with van der Waals surface area (Å²) in [5.41, 5.74) is 0.508. The second kappa shape index (κ2) is 7.78. The fourth-order valence-corrected chi connectivity index (χ4v) is 6.42. The zero-order chi connectivity index (χ0) is 19.8. The summed E-state index contributed by atoms with van der Waals surface area (Å²) in [7, 11) is -4.10. The van der Waals surface area contributed by atoms with Gasteiger partial charge in [0.25, 0.3) is 10.0 Å². The van der Waals surface area contributed by atoms with E-state index in [4.69, 9.17) is 11.6 Å². The van der Waals surface area contributed by atoms with Gasteiger partial charge in [0.1, 0.15) is 10.7 Å². The Morgan fingerprint density at radius 1 is 1.25 bits per heavy atom. The number of nitrogens with zero attached hydrogens (tertiary/aromatic N) is 2. The predicted octanol–water partition coefficient (Wildman–Crippen LogP) is 4.17. The Kier molecular flexibility index (Phi) is 5.52. The number of aromatic nitrogens is 1. The van der Waals surface area contributed by atoms with E-state index in [0.717, 1.165) is 49.4 Å². The molecule has 2 N–H and O–H groups in total. The van der Waals surface area contributed by atoms with Gasteiger partial charge in [-0.3, -0.25) is 9.62 Å². The van der Waals surface area contributed by atoms with Crippen LogP contribution in [-0.2, 0) is 10.0 Å². The van der Waals surface area contributed by atoms with E-state index in [1.807, 2.05) is 0 Å². The molecular formula is C18H22ClFN4O2S2. The zero-order valence-corrected chi connectivity index (χ0v) is 17.6. The standard InChI is InChI=1S/C18H22ClFN4O2S2/c19-13-10-16(28(25,26)23-17-21-6-9-27-17)14(20)11-15(13)22-12-18-4-1-2-7-24(18)8-3-5-18/h6,9-11,22H,1-5,7-8,12H2,(H,21,23). The molecule has 0 amide bonds. The average molecular weight is 445 g/mol. The molecule has 152 valence electrons. The minimum absolute atomic E-state index is 0.0925. The summed E-state index contributed by atoms with van der Waals surface area (Å²) in [5, 5.41) is 5.26. The van der Waals surface area contributed by atoms with E-state index in [2.05, 4.69) is 19.9 Å². The molecule has 2 aromatic rings. The van der Waals surface area contributed by atoms with Crippen molar-refractivity contribution in [3.8, 4) is 0 Å². The SMILES string of the molecule is O=S(=O)(Nc1nccs1)c1cc(Cl)c(NCC23CCCCN2CCC3)cc1F. The van der Waals surface area contributed by atoms with E-state index in [-0.39, 0.29) is 15.7 Å². The molecule has 3 heterocycles. The van der Waals surface area contributed by atoms with Crippen LogP contribution in [0.4, 0.5) is 15.2 Å². The highest BCUT2D eigenvalue weighted by Gasteiger charge is 2.42. The molecule has 0 radical (unpaired) electrons. The molecule has 0 spiro atoms. The van der Waals surface area contributed by atoms with E-state index < -0.39 is 20.7 Å². The maximum absolute atomic E-state index is 14.6. The predicted molar refractivity (Wildman–Crippen MR) is 110 cm³/mol. The van der Waals surface area contributed by atoms with Gasteiger partial charge in [-0.15, -0.1) is 11.3 Å². The number of hydrogen-bond donors (Lipinski definition) is 2. The molecule has 10 heteroatoms. The van der Waals surface area contributed by atoms with Gasteiger partial charge in [-0.05, 0) is 50.9 Å². The van der Waals surface area contributed by atoms with Gasteiger partial charge in [-0.1, -0.05) is 18.0 Å². The number of piperidine rings is 1. The van der Waals surface area contributed by atoms with E-state index in [1.165, 1.54) is 25.5 Å². The number of rotatable bonds is 6. The lowest BCUT2D eigenvalue weighted by Gasteiger charge is -2.42. The van der Waals surface area contributed by atoms with E-state index >= 15 is 0 Å². The molecule has 1 aromatic carbocycles. The van der Waals surface area contributed by atoms with Crippen LogP contribution in [0.15, 0.2) is 28.6 Å². The fourth-order valence-electron chi connectivity index (χ4n) is 4.25. The van der Waals surface area contributed by atoms with Crippen LogP contribution >= 0.6 is 22.9 Å². The molecular weight excluding hydrogens is 423 g/mol. The first-order chi connectivity index (χ1) is 13.4. The van der Waals surface area contributed by atoms with Gasteiger partial charge in [0.05, 0.1) is 10.7 Å². The number of benzene rings is 1. The van der Waals surface area contributed by atoms with Crippen molar-refractivity contribution in [1.82, 2.24) is 9.88 Å². The van der Waals surface area contributed by atoms with Crippen molar-refractivity contribution in [2.75, 3.05) is 29.7 Å². The van der Waals surface area contributed by atoms with Gasteiger partial charge in [0.2, 0.25) is 0 Å². The van der Waals surface area contributed by atoms with Crippen LogP contribution in [0.5, 0.6) is 0 Å². The van der Waals surface area contributed by atoms with Crippen molar-refractivity contribution >= 4 is 43.8 Å². The van der Waals surface area contributed by atoms with Crippen LogP contribution in [0.3, 0.4) is 0 Å². The summed E-state index contributed by atoms with van der Waals surface area (Å²) >= 11 is 7.42. The molecule has 0 bridgehead atoms. The van der Waals surface area contributed by atoms with Gasteiger partial charge in [0.15, 0.2) is 5.13 Å². The van der Waals surface area contributed by atoms with Crippen LogP contribution in [0, 0.1) is 5.82 Å². The van der Waals surface area contributed by atoms with Crippen LogP contribution in [0.1, 0.15) is 32.1 Å². The Morgan fingerprint density at radius 2 is 2.04 bits per heavy atom. The van der Waals surface area contributed by atoms with Crippen LogP contribution in [0.2, 0.25) is 5.02 Å². The fraction of sp³-hybridized carbons (Fsp3) is 0.500. The number of fused-ring (bicyclic) bond motifs is 1. The maximum Gasteiger partial charge on any atom is 0.266 e. The van der Waals surface area contributed by atoms with Crippen molar-refractivity contribution in [3.63, 3.8) is 0 Å². The van der Waals surface area contributed by atoms with E-state index in [9.17, 15) is 12.8 Å². The molecule has 1 unspecified atom stereocenters. The molecule has 2 aliphatic rings. The van der Waals surface area contributed by atoms with E-state index in [0.29, 0.717) is 12.2 Å². The smallest absolute Gasteiger partial charge is 0.266 e. The first kappa shape index (κ1) is 19.9. The van der Waals surface area contributed by atoms with Gasteiger partial charge in [-0.2, -0.15) is 0 Å². The normalized spacial score (nSPS) is 22.8. The lowest BCUT2D eigenvalue weighted by molar-refractivity contribution is 0.102. The molecule has 0 aliphatic carbocycles. The van der Waals surface area contributed by atoms with Crippen molar-refractivity contribution < 1.29 is 12.8 Å². The summed E-state index contributed by atoms with van der Waals surface area (Å²) in [4.78, 5) is 5.89. The van der Waals surface area contributed by atoms with Crippen molar-refractivity contribution in [2.24, 2.45) is 0 Å². The first-order valence-electron chi connectivity index (χ1n) is 9.30. The average Bonchev–Trinajstić information content (AvgIpc) is 3.31. The van der Waals surface area contributed by atoms with Gasteiger partial charge in [-0.25, -0.2) is 17.8 Å². The highest BCUT2D eigenvalue weighted by Crippen LogP contribution is 2.38. The lowest BCUT2D eigenvalue weighted by atomic mass is 9.86. The lowest BCUT2D eigenvalue weighted by Crippen LogP contribution is -2.51. The van der Waals surface area contributed by atoms with E-state index in [1.54, 1.807) is 5.38 Å². The molecule has 4 rings (SSSR count). The highest BCUT2D eigenvalue weighted by molar-refractivity contribution is 7.93. The molecule has 6 nitrogen and oxygen atoms in total. The number of hydrogen-bond acceptors (Lipinski definition) is 6. The molecule has 28 heavy (non-hydrogen) atoms. The Labute approximate surface area is 173 Å². The summed E-state index contributed by atoms with van der Waals surface area (Å²) in [6.45, 7) is 2.88. The van der Waals surface area contributed by atoms with Crippen molar-refractivity contribution in [1.29, 1.82) is 0 Å². The molecule has 0 saturated carbocycles. The van der Waals surface area contributed by atoms with Crippen molar-refractivity contribution in [3.05, 3.63) is 34.5 Å². The summed E-state index contributed by atoms with van der Waals surface area (Å²) in [6.07, 6.45) is 7.28. The van der Waals surface area contributed by atoms with Gasteiger partial charge < -0.3 is 5.32 Å². The summed E-state index contributed by atoms with van der Waals surface area (Å²) in [5.74, 6) is -0.847. The molecule has 2 saturated heterocycles. The number of anilines is 2. The number of thiazole rings is 1. The second-order valence-corrected chi connectivity index (χ2v) is 10.3. The Hall–Kier alpha value is -1.42. The zero-order valence-electron chi connectivity index (χ0n) is 15.2. The number of sulfonamides is 1. The number of halogens is 2. The summed E-state index contributed by atoms with van der Waals surface area (Å²) in [6, 6.07) is 2.32. The first-order valence-corrected chi connectivity index (χ1v) is 12.0. The molecule has 1 atom stereocenters. The molecule has 1 aromatic heterocycles. The third kappa shape index (κ3) is 3.85. The third-order valence-corrected chi connectivity index (χ3v) is 8.12. The van der Waals surface area contributed by atoms with Crippen molar-refractivity contribution in [2.45, 2.75) is 42.5 Å². The third-order valence-electron chi connectivity index (χ3n) is 5.63. The maximum atomic E-state index is 14.6. The molecule has 2 fully saturated rings. The largest absolute Gasteiger partial charge is 0.382 e. The number of nitrogens with one attached hydrogen (secondary N) is 2. The van der Waals surface area contributed by atoms with Crippen LogP contribution in [-0.4, -0.2) is 43.5 Å². The Balaban J connectivity index is 1.53. The monoisotopic (exact) mass is 444 g/mol. The van der Waals surface area contributed by atoms with Crippen LogP contribution < -0.4 is 10.0 Å². The topological polar surface area (TPSA) is 74.3 Å². The Bertz CT molecular complexity index is 955. The van der Waals surface area contributed by atoms with Gasteiger partial charge >= 0.3 is 0 Å². The quantitative estimate of drug-likeness (QED) is 0.699. The minimum atomic E-state index is -4.10. The highest BCUT2D eigenvalue weighted by atomic mass is 35.5. The van der Waals surface area contributed by atoms with Crippen LogP contribution in [0.25, 0.3) is 0 Å².